The van der Waals surface area contributed by atoms with E-state index >= 15 is 0 Å². The van der Waals surface area contributed by atoms with Gasteiger partial charge in [0.1, 0.15) is 0 Å². The van der Waals surface area contributed by atoms with Crippen molar-refractivity contribution in [3.05, 3.63) is 39.7 Å². The zero-order chi connectivity index (χ0) is 9.84. The average Bonchev–Trinajstić information content (AvgIpc) is 2.10. The van der Waals surface area contributed by atoms with E-state index in [9.17, 15) is 0 Å². The van der Waals surface area contributed by atoms with Gasteiger partial charge in [0.25, 0.3) is 0 Å². The molecule has 0 fully saturated rings. The minimum Gasteiger partial charge on any atom is -0.0827 e. The summed E-state index contributed by atoms with van der Waals surface area (Å²) in [6, 6.07) is 5.76. The summed E-state index contributed by atoms with van der Waals surface area (Å²) in [6.45, 7) is 4.25. The van der Waals surface area contributed by atoms with Crippen LogP contribution in [0.3, 0.4) is 0 Å². The lowest BCUT2D eigenvalue weighted by molar-refractivity contribution is 0.829. The quantitative estimate of drug-likeness (QED) is 0.684. The summed E-state index contributed by atoms with van der Waals surface area (Å²) in [5.74, 6) is 1.30. The predicted molar refractivity (Wildman–Crippen MR) is 59.4 cm³/mol. The largest absolute Gasteiger partial charge is 0.0827 e. The lowest BCUT2D eigenvalue weighted by Gasteiger charge is -2.12. The van der Waals surface area contributed by atoms with Crippen LogP contribution in [0.2, 0.25) is 10.0 Å². The van der Waals surface area contributed by atoms with Crippen molar-refractivity contribution in [2.24, 2.45) is 0 Å². The van der Waals surface area contributed by atoms with E-state index in [4.69, 9.17) is 23.2 Å². The van der Waals surface area contributed by atoms with Gasteiger partial charge in [0.2, 0.25) is 0 Å². The van der Waals surface area contributed by atoms with Crippen molar-refractivity contribution < 1.29 is 0 Å². The Morgan fingerprint density at radius 2 is 2.00 bits per heavy atom. The fourth-order valence-corrected chi connectivity index (χ4v) is 1.80. The van der Waals surface area contributed by atoms with Gasteiger partial charge in [0, 0.05) is 5.92 Å². The highest BCUT2D eigenvalue weighted by atomic mass is 35.5. The normalized spacial score (nSPS) is 10.8. The Hall–Kier alpha value is -0.200. The third kappa shape index (κ3) is 2.62. The van der Waals surface area contributed by atoms with Gasteiger partial charge in [0.05, 0.1) is 10.0 Å². The van der Waals surface area contributed by atoms with Crippen molar-refractivity contribution in [1.82, 2.24) is 0 Å². The second-order valence-electron chi connectivity index (χ2n) is 3.13. The molecule has 0 aromatic heterocycles. The Morgan fingerprint density at radius 1 is 1.31 bits per heavy atom. The van der Waals surface area contributed by atoms with E-state index in [0.717, 1.165) is 18.4 Å². The van der Waals surface area contributed by atoms with Crippen LogP contribution in [0.25, 0.3) is 0 Å². The highest BCUT2D eigenvalue weighted by Gasteiger charge is 2.10. The lowest BCUT2D eigenvalue weighted by atomic mass is 9.97. The molecule has 0 N–H and O–H groups in total. The molecular weight excluding hydrogens is 203 g/mol. The van der Waals surface area contributed by atoms with E-state index in [1.54, 1.807) is 0 Å². The molecule has 1 aromatic carbocycles. The van der Waals surface area contributed by atoms with Gasteiger partial charge in [-0.05, 0) is 18.1 Å². The molecule has 0 atom stereocenters. The maximum Gasteiger partial charge on any atom is 0.0630 e. The molecule has 1 aromatic rings. The molecule has 0 aliphatic rings. The molecule has 0 spiro atoms. The molecule has 2 heteroatoms. The topological polar surface area (TPSA) is 0 Å². The molecular formula is C11H13Cl2. The number of benzene rings is 1. The first-order valence-corrected chi connectivity index (χ1v) is 5.19. The summed E-state index contributed by atoms with van der Waals surface area (Å²) in [6.07, 6.45) is 2.20. The van der Waals surface area contributed by atoms with Gasteiger partial charge in [0.15, 0.2) is 0 Å². The van der Waals surface area contributed by atoms with Gasteiger partial charge >= 0.3 is 0 Å². The molecule has 0 aliphatic carbocycles. The van der Waals surface area contributed by atoms with E-state index in [2.05, 4.69) is 13.8 Å². The van der Waals surface area contributed by atoms with Crippen molar-refractivity contribution in [3.63, 3.8) is 0 Å². The molecule has 13 heavy (non-hydrogen) atoms. The summed E-state index contributed by atoms with van der Waals surface area (Å²) in [5.41, 5.74) is 1.08. The van der Waals surface area contributed by atoms with Gasteiger partial charge < -0.3 is 0 Å². The van der Waals surface area contributed by atoms with Crippen LogP contribution in [0, 0.1) is 5.92 Å². The number of hydrogen-bond donors (Lipinski definition) is 0. The first kappa shape index (κ1) is 10.9. The van der Waals surface area contributed by atoms with Gasteiger partial charge in [-0.15, -0.1) is 0 Å². The molecule has 0 saturated heterocycles. The van der Waals surface area contributed by atoms with Crippen molar-refractivity contribution in [3.8, 4) is 0 Å². The Bertz CT molecular complexity index is 281. The van der Waals surface area contributed by atoms with E-state index in [0.29, 0.717) is 10.0 Å². The number of hydrogen-bond acceptors (Lipinski definition) is 0. The summed E-state index contributed by atoms with van der Waals surface area (Å²) < 4.78 is 0. The summed E-state index contributed by atoms with van der Waals surface area (Å²) in [7, 11) is 0. The van der Waals surface area contributed by atoms with Gasteiger partial charge in [-0.1, -0.05) is 55.6 Å². The van der Waals surface area contributed by atoms with E-state index in [1.165, 1.54) is 5.92 Å². The third-order valence-corrected chi connectivity index (χ3v) is 2.86. The maximum absolute atomic E-state index is 6.07. The zero-order valence-corrected chi connectivity index (χ0v) is 9.41. The van der Waals surface area contributed by atoms with Crippen LogP contribution in [0.5, 0.6) is 0 Å². The molecule has 1 rings (SSSR count). The third-order valence-electron chi connectivity index (χ3n) is 2.04. The SMILES string of the molecule is CCC[C](C)c1cccc(Cl)c1Cl. The monoisotopic (exact) mass is 215 g/mol. The van der Waals surface area contributed by atoms with Crippen LogP contribution < -0.4 is 0 Å². The maximum atomic E-state index is 6.07. The summed E-state index contributed by atoms with van der Waals surface area (Å²) in [4.78, 5) is 0. The summed E-state index contributed by atoms with van der Waals surface area (Å²) in [5, 5.41) is 1.31. The van der Waals surface area contributed by atoms with E-state index in [1.807, 2.05) is 18.2 Å². The zero-order valence-electron chi connectivity index (χ0n) is 7.90. The van der Waals surface area contributed by atoms with E-state index in [-0.39, 0.29) is 0 Å². The van der Waals surface area contributed by atoms with Gasteiger partial charge in [-0.25, -0.2) is 0 Å². The molecule has 0 heterocycles. The van der Waals surface area contributed by atoms with Crippen LogP contribution >= 0.6 is 23.2 Å². The number of halogens is 2. The first-order chi connectivity index (χ1) is 6.16. The summed E-state index contributed by atoms with van der Waals surface area (Å²) >= 11 is 12.0. The first-order valence-electron chi connectivity index (χ1n) is 4.43. The fraction of sp³-hybridized carbons (Fsp3) is 0.364. The Balaban J connectivity index is 2.93. The molecule has 0 aliphatic heterocycles. The van der Waals surface area contributed by atoms with Crippen LogP contribution in [0.15, 0.2) is 18.2 Å². The molecule has 71 valence electrons. The van der Waals surface area contributed by atoms with Crippen LogP contribution in [-0.4, -0.2) is 0 Å². The Kier molecular flexibility index (Phi) is 4.08. The molecule has 0 bridgehead atoms. The Labute approximate surface area is 89.9 Å². The van der Waals surface area contributed by atoms with Gasteiger partial charge in [-0.3, -0.25) is 0 Å². The molecule has 0 saturated carbocycles. The van der Waals surface area contributed by atoms with Crippen LogP contribution in [-0.2, 0) is 0 Å². The predicted octanol–water partition coefficient (Wildman–Crippen LogP) is 4.74. The number of rotatable bonds is 3. The highest BCUT2D eigenvalue weighted by Crippen LogP contribution is 2.32. The highest BCUT2D eigenvalue weighted by molar-refractivity contribution is 6.42. The van der Waals surface area contributed by atoms with Crippen molar-refractivity contribution in [2.75, 3.05) is 0 Å². The van der Waals surface area contributed by atoms with Gasteiger partial charge in [-0.2, -0.15) is 0 Å². The second-order valence-corrected chi connectivity index (χ2v) is 3.92. The van der Waals surface area contributed by atoms with Crippen molar-refractivity contribution in [2.45, 2.75) is 26.7 Å². The molecule has 0 nitrogen and oxygen atoms in total. The average molecular weight is 216 g/mol. The Morgan fingerprint density at radius 3 is 2.62 bits per heavy atom. The molecule has 1 radical (unpaired) electrons. The van der Waals surface area contributed by atoms with Crippen LogP contribution in [0.4, 0.5) is 0 Å². The van der Waals surface area contributed by atoms with Crippen molar-refractivity contribution >= 4 is 23.2 Å². The molecule has 0 unspecified atom stereocenters. The lowest BCUT2D eigenvalue weighted by Crippen LogP contribution is -1.95. The minimum absolute atomic E-state index is 0.634. The fourth-order valence-electron chi connectivity index (χ4n) is 1.34. The van der Waals surface area contributed by atoms with Crippen molar-refractivity contribution in [1.29, 1.82) is 0 Å². The van der Waals surface area contributed by atoms with E-state index < -0.39 is 0 Å². The standard InChI is InChI=1S/C11H13Cl2/c1-3-5-8(2)9-6-4-7-10(12)11(9)13/h4,6-7H,3,5H2,1-2H3. The second kappa shape index (κ2) is 4.88. The minimum atomic E-state index is 0.634. The van der Waals surface area contributed by atoms with Crippen LogP contribution in [0.1, 0.15) is 32.3 Å². The smallest absolute Gasteiger partial charge is 0.0630 e. The molecule has 0 amide bonds.